The highest BCUT2D eigenvalue weighted by Gasteiger charge is 2.17. The molecule has 1 atom stereocenters. The second-order valence-electron chi connectivity index (χ2n) is 4.46. The van der Waals surface area contributed by atoms with Crippen LogP contribution in [0.4, 0.5) is 0 Å². The second-order valence-corrected chi connectivity index (χ2v) is 4.46. The highest BCUT2D eigenvalue weighted by molar-refractivity contribution is 5.54. The van der Waals surface area contributed by atoms with Gasteiger partial charge < -0.3 is 19.5 Å². The minimum Gasteiger partial charge on any atom is -0.493 e. The highest BCUT2D eigenvalue weighted by Crippen LogP contribution is 2.40. The Labute approximate surface area is 115 Å². The average molecular weight is 265 g/mol. The Morgan fingerprint density at radius 1 is 1.16 bits per heavy atom. The first-order valence-electron chi connectivity index (χ1n) is 6.18. The molecule has 0 aliphatic carbocycles. The van der Waals surface area contributed by atoms with Crippen LogP contribution in [0.5, 0.6) is 17.2 Å². The maximum atomic E-state index is 5.36. The Hall–Kier alpha value is -1.68. The summed E-state index contributed by atoms with van der Waals surface area (Å²) >= 11 is 0. The van der Waals surface area contributed by atoms with Crippen molar-refractivity contribution < 1.29 is 14.2 Å². The molecule has 0 aromatic heterocycles. The van der Waals surface area contributed by atoms with E-state index in [1.165, 1.54) is 0 Å². The molecule has 0 fully saturated rings. The number of ether oxygens (including phenoxy) is 3. The standard InChI is InChI=1S/C15H23NO3/c1-10(2)7-12(16-3)11-8-13(17-4)15(19-6)14(9-11)18-5/h8-9,12,16H,1,7H2,2-6H3. The summed E-state index contributed by atoms with van der Waals surface area (Å²) in [6, 6.07) is 4.10. The quantitative estimate of drug-likeness (QED) is 0.769. The molecular formula is C15H23NO3. The van der Waals surface area contributed by atoms with Gasteiger partial charge in [-0.1, -0.05) is 5.57 Å². The van der Waals surface area contributed by atoms with Gasteiger partial charge in [0.1, 0.15) is 0 Å². The van der Waals surface area contributed by atoms with Crippen LogP contribution in [0.15, 0.2) is 24.3 Å². The van der Waals surface area contributed by atoms with Crippen LogP contribution >= 0.6 is 0 Å². The molecule has 0 saturated heterocycles. The van der Waals surface area contributed by atoms with E-state index in [1.54, 1.807) is 21.3 Å². The zero-order valence-corrected chi connectivity index (χ0v) is 12.4. The lowest BCUT2D eigenvalue weighted by Gasteiger charge is -2.20. The molecule has 0 amide bonds. The Balaban J connectivity index is 3.24. The van der Waals surface area contributed by atoms with Crippen LogP contribution < -0.4 is 19.5 Å². The van der Waals surface area contributed by atoms with Crippen LogP contribution in [0.3, 0.4) is 0 Å². The first-order chi connectivity index (χ1) is 9.07. The molecule has 0 radical (unpaired) electrons. The second kappa shape index (κ2) is 7.04. The van der Waals surface area contributed by atoms with Gasteiger partial charge in [0.15, 0.2) is 11.5 Å². The van der Waals surface area contributed by atoms with Crippen molar-refractivity contribution in [3.05, 3.63) is 29.8 Å². The molecule has 1 N–H and O–H groups in total. The summed E-state index contributed by atoms with van der Waals surface area (Å²) in [7, 11) is 6.77. The molecule has 106 valence electrons. The first kappa shape index (κ1) is 15.4. The summed E-state index contributed by atoms with van der Waals surface area (Å²) in [5.74, 6) is 1.94. The Morgan fingerprint density at radius 2 is 1.68 bits per heavy atom. The number of hydrogen-bond donors (Lipinski definition) is 1. The molecule has 0 aliphatic heterocycles. The van der Waals surface area contributed by atoms with Crippen LogP contribution in [-0.2, 0) is 0 Å². The first-order valence-corrected chi connectivity index (χ1v) is 6.18. The molecule has 1 aromatic rings. The Bertz CT molecular complexity index is 418. The Kier molecular flexibility index (Phi) is 5.70. The number of rotatable bonds is 7. The van der Waals surface area contributed by atoms with Gasteiger partial charge in [-0.05, 0) is 38.1 Å². The molecule has 0 heterocycles. The monoisotopic (exact) mass is 265 g/mol. The third-order valence-electron chi connectivity index (χ3n) is 2.99. The lowest BCUT2D eigenvalue weighted by atomic mass is 9.99. The summed E-state index contributed by atoms with van der Waals surface area (Å²) in [5, 5.41) is 3.28. The maximum Gasteiger partial charge on any atom is 0.203 e. The molecular weight excluding hydrogens is 242 g/mol. The zero-order valence-electron chi connectivity index (χ0n) is 12.4. The van der Waals surface area contributed by atoms with E-state index in [9.17, 15) is 0 Å². The smallest absolute Gasteiger partial charge is 0.203 e. The van der Waals surface area contributed by atoms with Crippen LogP contribution in [-0.4, -0.2) is 28.4 Å². The van der Waals surface area contributed by atoms with E-state index in [-0.39, 0.29) is 6.04 Å². The van der Waals surface area contributed by atoms with Crippen molar-refractivity contribution in [2.24, 2.45) is 0 Å². The summed E-state index contributed by atoms with van der Waals surface area (Å²) in [6.45, 7) is 5.98. The van der Waals surface area contributed by atoms with E-state index >= 15 is 0 Å². The van der Waals surface area contributed by atoms with E-state index in [4.69, 9.17) is 14.2 Å². The third kappa shape index (κ3) is 3.64. The SMILES string of the molecule is C=C(C)CC(NC)c1cc(OC)c(OC)c(OC)c1. The van der Waals surface area contributed by atoms with Crippen molar-refractivity contribution in [2.45, 2.75) is 19.4 Å². The van der Waals surface area contributed by atoms with E-state index in [0.717, 1.165) is 17.6 Å². The third-order valence-corrected chi connectivity index (χ3v) is 2.99. The van der Waals surface area contributed by atoms with E-state index in [1.807, 2.05) is 26.1 Å². The van der Waals surface area contributed by atoms with Gasteiger partial charge in [0.2, 0.25) is 5.75 Å². The van der Waals surface area contributed by atoms with Gasteiger partial charge >= 0.3 is 0 Å². The van der Waals surface area contributed by atoms with Crippen LogP contribution in [0.1, 0.15) is 24.9 Å². The highest BCUT2D eigenvalue weighted by atomic mass is 16.5. The molecule has 4 nitrogen and oxygen atoms in total. The molecule has 0 bridgehead atoms. The van der Waals surface area contributed by atoms with Crippen molar-refractivity contribution in [2.75, 3.05) is 28.4 Å². The van der Waals surface area contributed by atoms with Crippen molar-refractivity contribution in [3.8, 4) is 17.2 Å². The number of nitrogens with one attached hydrogen (secondary N) is 1. The number of benzene rings is 1. The summed E-state index contributed by atoms with van der Waals surface area (Å²) in [6.07, 6.45) is 0.856. The van der Waals surface area contributed by atoms with Crippen molar-refractivity contribution >= 4 is 0 Å². The molecule has 1 aromatic carbocycles. The summed E-state index contributed by atoms with van der Waals surface area (Å²) in [4.78, 5) is 0. The molecule has 4 heteroatoms. The lowest BCUT2D eigenvalue weighted by molar-refractivity contribution is 0.323. The molecule has 0 spiro atoms. The normalized spacial score (nSPS) is 11.8. The molecule has 19 heavy (non-hydrogen) atoms. The van der Waals surface area contributed by atoms with Gasteiger partial charge in [0.25, 0.3) is 0 Å². The molecule has 0 aliphatic rings. The summed E-state index contributed by atoms with van der Waals surface area (Å²) in [5.41, 5.74) is 2.20. The number of hydrogen-bond acceptors (Lipinski definition) is 4. The van der Waals surface area contributed by atoms with E-state index in [0.29, 0.717) is 17.2 Å². The van der Waals surface area contributed by atoms with Gasteiger partial charge in [-0.3, -0.25) is 0 Å². The van der Waals surface area contributed by atoms with Crippen LogP contribution in [0.2, 0.25) is 0 Å². The van der Waals surface area contributed by atoms with Gasteiger partial charge in [0, 0.05) is 6.04 Å². The summed E-state index contributed by atoms with van der Waals surface area (Å²) < 4.78 is 16.0. The van der Waals surface area contributed by atoms with E-state index < -0.39 is 0 Å². The minimum atomic E-state index is 0.172. The van der Waals surface area contributed by atoms with Gasteiger partial charge in [-0.25, -0.2) is 0 Å². The lowest BCUT2D eigenvalue weighted by Crippen LogP contribution is -2.17. The Morgan fingerprint density at radius 3 is 2.00 bits per heavy atom. The van der Waals surface area contributed by atoms with Crippen LogP contribution in [0.25, 0.3) is 0 Å². The van der Waals surface area contributed by atoms with Gasteiger partial charge in [-0.15, -0.1) is 6.58 Å². The number of methoxy groups -OCH3 is 3. The zero-order chi connectivity index (χ0) is 14.4. The van der Waals surface area contributed by atoms with Crippen LogP contribution in [0, 0.1) is 0 Å². The predicted octanol–water partition coefficient (Wildman–Crippen LogP) is 2.94. The van der Waals surface area contributed by atoms with Crippen molar-refractivity contribution in [1.29, 1.82) is 0 Å². The minimum absolute atomic E-state index is 0.172. The molecule has 1 rings (SSSR count). The van der Waals surface area contributed by atoms with Crippen molar-refractivity contribution in [1.82, 2.24) is 5.32 Å². The fourth-order valence-electron chi connectivity index (χ4n) is 2.04. The maximum absolute atomic E-state index is 5.36. The fourth-order valence-corrected chi connectivity index (χ4v) is 2.04. The largest absolute Gasteiger partial charge is 0.493 e. The van der Waals surface area contributed by atoms with E-state index in [2.05, 4.69) is 11.9 Å². The van der Waals surface area contributed by atoms with Crippen molar-refractivity contribution in [3.63, 3.8) is 0 Å². The molecule has 0 saturated carbocycles. The fraction of sp³-hybridized carbons (Fsp3) is 0.467. The van der Waals surface area contributed by atoms with Gasteiger partial charge in [-0.2, -0.15) is 0 Å². The average Bonchev–Trinajstić information content (AvgIpc) is 2.42. The molecule has 1 unspecified atom stereocenters. The van der Waals surface area contributed by atoms with Gasteiger partial charge in [0.05, 0.1) is 21.3 Å². The topological polar surface area (TPSA) is 39.7 Å². The predicted molar refractivity (Wildman–Crippen MR) is 77.3 cm³/mol.